The fourth-order valence-electron chi connectivity index (χ4n) is 4.70. The van der Waals surface area contributed by atoms with Gasteiger partial charge in [0.25, 0.3) is 0 Å². The Morgan fingerprint density at radius 3 is 2.50 bits per heavy atom. The summed E-state index contributed by atoms with van der Waals surface area (Å²) in [5.74, 6) is 0.623. The topological polar surface area (TPSA) is 51.7 Å². The fourth-order valence-corrected chi connectivity index (χ4v) is 4.70. The highest BCUT2D eigenvalue weighted by molar-refractivity contribution is 5.74. The number of piperazine rings is 1. The Morgan fingerprint density at radius 2 is 1.77 bits per heavy atom. The van der Waals surface area contributed by atoms with Crippen LogP contribution in [0.1, 0.15) is 32.1 Å². The zero-order chi connectivity index (χ0) is 17.8. The van der Waals surface area contributed by atoms with E-state index in [1.54, 1.807) is 0 Å². The molecule has 0 bridgehead atoms. The summed E-state index contributed by atoms with van der Waals surface area (Å²) in [5, 5.41) is 3.19. The van der Waals surface area contributed by atoms with Crippen molar-refractivity contribution in [1.29, 1.82) is 0 Å². The van der Waals surface area contributed by atoms with Crippen LogP contribution in [-0.4, -0.2) is 72.7 Å². The molecule has 142 valence electrons. The molecule has 3 fully saturated rings. The van der Waals surface area contributed by atoms with Gasteiger partial charge in [-0.25, -0.2) is 4.79 Å². The van der Waals surface area contributed by atoms with Crippen molar-refractivity contribution < 1.29 is 4.79 Å². The van der Waals surface area contributed by atoms with Crippen LogP contribution in [0.2, 0.25) is 0 Å². The van der Waals surface area contributed by atoms with E-state index in [1.807, 2.05) is 29.4 Å². The monoisotopic (exact) mass is 357 g/mol. The maximum Gasteiger partial charge on any atom is 0.317 e. The number of pyridine rings is 1. The lowest BCUT2D eigenvalue weighted by Gasteiger charge is -2.36. The average molecular weight is 358 g/mol. The first-order valence-corrected chi connectivity index (χ1v) is 10.2. The summed E-state index contributed by atoms with van der Waals surface area (Å²) in [6.07, 6.45) is 10.4. The molecule has 26 heavy (non-hydrogen) atoms. The first-order chi connectivity index (χ1) is 12.8. The number of carbonyl (C=O) groups excluding carboxylic acids is 1. The second-order valence-corrected chi connectivity index (χ2v) is 7.95. The Balaban J connectivity index is 1.18. The second kappa shape index (κ2) is 8.25. The minimum atomic E-state index is 0.110. The molecule has 0 radical (unpaired) electrons. The molecule has 1 atom stereocenters. The third kappa shape index (κ3) is 4.11. The summed E-state index contributed by atoms with van der Waals surface area (Å²) in [6.45, 7) is 6.55. The Labute approximate surface area is 156 Å². The summed E-state index contributed by atoms with van der Waals surface area (Å²) in [7, 11) is 0. The highest BCUT2D eigenvalue weighted by Crippen LogP contribution is 2.28. The van der Waals surface area contributed by atoms with E-state index in [9.17, 15) is 4.79 Å². The number of nitrogens with one attached hydrogen (secondary N) is 1. The molecule has 6 nitrogen and oxygen atoms in total. The predicted octanol–water partition coefficient (Wildman–Crippen LogP) is 2.18. The summed E-state index contributed by atoms with van der Waals surface area (Å²) >= 11 is 0. The molecule has 4 rings (SSSR count). The van der Waals surface area contributed by atoms with E-state index in [2.05, 4.69) is 20.1 Å². The van der Waals surface area contributed by atoms with Crippen LogP contribution in [0.5, 0.6) is 0 Å². The van der Waals surface area contributed by atoms with Crippen molar-refractivity contribution >= 4 is 11.7 Å². The smallest absolute Gasteiger partial charge is 0.317 e. The number of nitrogens with zero attached hydrogens (tertiary/aromatic N) is 4. The van der Waals surface area contributed by atoms with Gasteiger partial charge in [-0.05, 0) is 43.9 Å². The van der Waals surface area contributed by atoms with Crippen LogP contribution in [0.4, 0.5) is 10.5 Å². The highest BCUT2D eigenvalue weighted by Gasteiger charge is 2.30. The summed E-state index contributed by atoms with van der Waals surface area (Å²) < 4.78 is 0. The highest BCUT2D eigenvalue weighted by atomic mass is 16.2. The second-order valence-electron chi connectivity index (χ2n) is 7.95. The van der Waals surface area contributed by atoms with Crippen LogP contribution < -0.4 is 10.2 Å². The van der Waals surface area contributed by atoms with Crippen molar-refractivity contribution in [3.8, 4) is 0 Å². The number of likely N-dealkylation sites (tertiary alicyclic amines) is 1. The zero-order valence-electron chi connectivity index (χ0n) is 15.6. The van der Waals surface area contributed by atoms with Crippen molar-refractivity contribution in [3.05, 3.63) is 24.5 Å². The quantitative estimate of drug-likeness (QED) is 0.897. The molecule has 0 unspecified atom stereocenters. The van der Waals surface area contributed by atoms with Crippen LogP contribution in [0.25, 0.3) is 0 Å². The first-order valence-electron chi connectivity index (χ1n) is 10.2. The van der Waals surface area contributed by atoms with Gasteiger partial charge in [0, 0.05) is 63.4 Å². The van der Waals surface area contributed by atoms with E-state index in [4.69, 9.17) is 0 Å². The molecule has 1 saturated carbocycles. The molecule has 1 aromatic rings. The Bertz CT molecular complexity index is 581. The van der Waals surface area contributed by atoms with E-state index in [-0.39, 0.29) is 6.03 Å². The van der Waals surface area contributed by atoms with Gasteiger partial charge < -0.3 is 20.0 Å². The molecule has 0 aromatic carbocycles. The first kappa shape index (κ1) is 17.6. The molecule has 3 aliphatic rings. The van der Waals surface area contributed by atoms with E-state index < -0.39 is 0 Å². The average Bonchev–Trinajstić information content (AvgIpc) is 3.38. The van der Waals surface area contributed by atoms with Gasteiger partial charge in [-0.2, -0.15) is 0 Å². The van der Waals surface area contributed by atoms with E-state index in [0.29, 0.717) is 5.92 Å². The number of urea groups is 1. The number of rotatable bonds is 4. The molecule has 6 heteroatoms. The molecular formula is C20H31N5O. The molecule has 2 saturated heterocycles. The molecule has 2 amide bonds. The lowest BCUT2D eigenvalue weighted by molar-refractivity contribution is 0.191. The van der Waals surface area contributed by atoms with Crippen molar-refractivity contribution in [2.45, 2.75) is 38.1 Å². The van der Waals surface area contributed by atoms with E-state index in [1.165, 1.54) is 50.9 Å². The Kier molecular flexibility index (Phi) is 5.58. The summed E-state index contributed by atoms with van der Waals surface area (Å²) in [5.41, 5.74) is 1.19. The number of carbonyl (C=O) groups is 1. The van der Waals surface area contributed by atoms with Gasteiger partial charge in [-0.15, -0.1) is 0 Å². The Morgan fingerprint density at radius 1 is 1.04 bits per heavy atom. The third-order valence-corrected chi connectivity index (χ3v) is 6.30. The van der Waals surface area contributed by atoms with Crippen molar-refractivity contribution in [3.63, 3.8) is 0 Å². The number of hydrogen-bond donors (Lipinski definition) is 1. The van der Waals surface area contributed by atoms with Crippen LogP contribution in [0.15, 0.2) is 24.5 Å². The van der Waals surface area contributed by atoms with Crippen LogP contribution in [0.3, 0.4) is 0 Å². The zero-order valence-corrected chi connectivity index (χ0v) is 15.6. The lowest BCUT2D eigenvalue weighted by Crippen LogP contribution is -2.52. The molecular weight excluding hydrogens is 326 g/mol. The molecule has 1 aromatic heterocycles. The number of amides is 2. The van der Waals surface area contributed by atoms with Gasteiger partial charge in [0.2, 0.25) is 0 Å². The fraction of sp³-hybridized carbons (Fsp3) is 0.700. The van der Waals surface area contributed by atoms with Crippen LogP contribution in [0, 0.1) is 5.92 Å². The normalized spacial score (nSPS) is 25.0. The van der Waals surface area contributed by atoms with Crippen molar-refractivity contribution in [1.82, 2.24) is 20.1 Å². The van der Waals surface area contributed by atoms with Gasteiger partial charge in [0.15, 0.2) is 0 Å². The van der Waals surface area contributed by atoms with E-state index in [0.717, 1.165) is 38.8 Å². The van der Waals surface area contributed by atoms with Crippen LogP contribution >= 0.6 is 0 Å². The third-order valence-electron chi connectivity index (χ3n) is 6.30. The van der Waals surface area contributed by atoms with Crippen molar-refractivity contribution in [2.24, 2.45) is 5.92 Å². The minimum absolute atomic E-state index is 0.110. The molecule has 0 spiro atoms. The van der Waals surface area contributed by atoms with Gasteiger partial charge in [-0.3, -0.25) is 4.98 Å². The molecule has 2 aliphatic heterocycles. The summed E-state index contributed by atoms with van der Waals surface area (Å²) in [6, 6.07) is 4.99. The van der Waals surface area contributed by atoms with Crippen molar-refractivity contribution in [2.75, 3.05) is 50.7 Å². The Hall–Kier alpha value is -1.82. The van der Waals surface area contributed by atoms with Crippen LogP contribution in [-0.2, 0) is 0 Å². The molecule has 1 aliphatic carbocycles. The number of hydrogen-bond acceptors (Lipinski definition) is 4. The largest absolute Gasteiger partial charge is 0.368 e. The SMILES string of the molecule is O=C(NC[C@@H]1CCN(C2CCCC2)C1)N1CCN(c2ccncc2)CC1. The lowest BCUT2D eigenvalue weighted by atomic mass is 10.1. The maximum atomic E-state index is 12.5. The van der Waals surface area contributed by atoms with Gasteiger partial charge in [-0.1, -0.05) is 12.8 Å². The molecule has 3 heterocycles. The standard InChI is InChI=1S/C20H31N5O/c26-20(22-15-17-7-10-25(16-17)18-3-1-2-4-18)24-13-11-23(12-14-24)19-5-8-21-9-6-19/h5-6,8-9,17-18H,1-4,7,10-16H2,(H,22,26)/t17-/m0/s1. The maximum absolute atomic E-state index is 12.5. The summed E-state index contributed by atoms with van der Waals surface area (Å²) in [4.78, 5) is 23.5. The van der Waals surface area contributed by atoms with Gasteiger partial charge in [0.1, 0.15) is 0 Å². The van der Waals surface area contributed by atoms with Gasteiger partial charge in [0.05, 0.1) is 0 Å². The number of anilines is 1. The molecule has 1 N–H and O–H groups in total. The van der Waals surface area contributed by atoms with E-state index >= 15 is 0 Å². The number of aromatic nitrogens is 1. The predicted molar refractivity (Wildman–Crippen MR) is 103 cm³/mol. The van der Waals surface area contributed by atoms with Gasteiger partial charge >= 0.3 is 6.03 Å². The minimum Gasteiger partial charge on any atom is -0.368 e.